The first-order chi connectivity index (χ1) is 10.2. The van der Waals surface area contributed by atoms with E-state index in [1.165, 1.54) is 7.11 Å². The van der Waals surface area contributed by atoms with Crippen LogP contribution in [0.3, 0.4) is 0 Å². The fraction of sp³-hybridized carbons (Fsp3) is 0.438. The van der Waals surface area contributed by atoms with Gasteiger partial charge in [0.2, 0.25) is 0 Å². The Morgan fingerprint density at radius 2 is 2.24 bits per heavy atom. The normalized spacial score (nSPS) is 16.1. The van der Waals surface area contributed by atoms with Gasteiger partial charge < -0.3 is 20.5 Å². The monoisotopic (exact) mass is 292 g/mol. The molecule has 1 aromatic rings. The molecular formula is C16H24N2O3. The molecular weight excluding hydrogens is 268 g/mol. The van der Waals surface area contributed by atoms with Gasteiger partial charge in [-0.25, -0.2) is 4.79 Å². The molecule has 0 aromatic heterocycles. The number of hydrogen-bond donors (Lipinski definition) is 2. The number of nitrogen functional groups attached to an aromatic ring is 1. The first kappa shape index (κ1) is 16.9. The third-order valence-corrected chi connectivity index (χ3v) is 3.00. The van der Waals surface area contributed by atoms with Crippen molar-refractivity contribution in [3.8, 4) is 5.75 Å². The lowest BCUT2D eigenvalue weighted by atomic mass is 10.1. The number of nitrogens with two attached hydrogens (primary N) is 1. The molecule has 1 heterocycles. The van der Waals surface area contributed by atoms with Gasteiger partial charge >= 0.3 is 5.97 Å². The van der Waals surface area contributed by atoms with E-state index in [0.29, 0.717) is 23.6 Å². The lowest BCUT2D eigenvalue weighted by Crippen LogP contribution is -2.31. The Labute approximate surface area is 126 Å². The number of methoxy groups -OCH3 is 1. The second kappa shape index (κ2) is 8.19. The maximum Gasteiger partial charge on any atom is 0.338 e. The van der Waals surface area contributed by atoms with Gasteiger partial charge in [0.15, 0.2) is 0 Å². The number of hydrogen-bond acceptors (Lipinski definition) is 5. The predicted molar refractivity (Wildman–Crippen MR) is 85.9 cm³/mol. The van der Waals surface area contributed by atoms with Crippen LogP contribution in [0.2, 0.25) is 0 Å². The minimum atomic E-state index is -0.422. The van der Waals surface area contributed by atoms with E-state index in [-0.39, 0.29) is 6.04 Å². The average Bonchev–Trinajstić information content (AvgIpc) is 2.54. The molecule has 0 radical (unpaired) electrons. The number of nitrogens with one attached hydrogen (secondary N) is 1. The quantitative estimate of drug-likeness (QED) is 0.508. The Kier molecular flexibility index (Phi) is 6.59. The van der Waals surface area contributed by atoms with E-state index in [1.54, 1.807) is 12.1 Å². The Bertz CT molecular complexity index is 512. The van der Waals surface area contributed by atoms with Crippen molar-refractivity contribution >= 4 is 17.3 Å². The molecule has 0 bridgehead atoms. The molecule has 0 aliphatic carbocycles. The van der Waals surface area contributed by atoms with Crippen LogP contribution in [0.1, 0.15) is 37.6 Å². The summed E-state index contributed by atoms with van der Waals surface area (Å²) < 4.78 is 10.3. The first-order valence-corrected chi connectivity index (χ1v) is 7.18. The maximum atomic E-state index is 11.5. The van der Waals surface area contributed by atoms with Crippen LogP contribution in [0.4, 0.5) is 11.4 Å². The molecule has 1 atom stereocenters. The number of ether oxygens (including phenoxy) is 2. The Morgan fingerprint density at radius 3 is 2.86 bits per heavy atom. The van der Waals surface area contributed by atoms with E-state index in [2.05, 4.69) is 16.1 Å². The van der Waals surface area contributed by atoms with Crippen molar-refractivity contribution in [2.75, 3.05) is 24.8 Å². The van der Waals surface area contributed by atoms with Crippen LogP contribution in [0, 0.1) is 0 Å². The molecule has 0 spiro atoms. The second-order valence-corrected chi connectivity index (χ2v) is 4.39. The summed E-state index contributed by atoms with van der Waals surface area (Å²) in [6.45, 7) is 6.52. The molecule has 1 aromatic carbocycles. The van der Waals surface area contributed by atoms with Gasteiger partial charge in [-0.2, -0.15) is 0 Å². The number of carbonyl (C=O) groups excluding carboxylic acids is 1. The van der Waals surface area contributed by atoms with Crippen LogP contribution in [0.25, 0.3) is 0 Å². The van der Waals surface area contributed by atoms with Crippen LogP contribution in [-0.2, 0) is 4.74 Å². The minimum Gasteiger partial charge on any atom is -0.489 e. The molecule has 1 aliphatic rings. The third kappa shape index (κ3) is 4.15. The van der Waals surface area contributed by atoms with Gasteiger partial charge in [-0.05, 0) is 25.5 Å². The van der Waals surface area contributed by atoms with Gasteiger partial charge in [-0.15, -0.1) is 0 Å². The molecule has 5 heteroatoms. The maximum absolute atomic E-state index is 11.5. The third-order valence-electron chi connectivity index (χ3n) is 3.00. The second-order valence-electron chi connectivity index (χ2n) is 4.39. The van der Waals surface area contributed by atoms with Crippen LogP contribution < -0.4 is 15.8 Å². The Hall–Kier alpha value is -2.17. The number of esters is 1. The van der Waals surface area contributed by atoms with Gasteiger partial charge in [0, 0.05) is 0 Å². The molecule has 21 heavy (non-hydrogen) atoms. The van der Waals surface area contributed by atoms with Gasteiger partial charge in [-0.1, -0.05) is 26.0 Å². The summed E-state index contributed by atoms with van der Waals surface area (Å²) in [5.41, 5.74) is 7.59. The van der Waals surface area contributed by atoms with E-state index in [1.807, 2.05) is 26.8 Å². The summed E-state index contributed by atoms with van der Waals surface area (Å²) in [5, 5.41) is 3.33. The first-order valence-electron chi connectivity index (χ1n) is 7.18. The molecule has 1 aliphatic heterocycles. The average molecular weight is 292 g/mol. The molecule has 0 saturated carbocycles. The summed E-state index contributed by atoms with van der Waals surface area (Å²) in [7, 11) is 1.34. The van der Waals surface area contributed by atoms with Crippen LogP contribution in [0.5, 0.6) is 5.75 Å². The Balaban J connectivity index is 0.00000106. The number of allylic oxidation sites excluding steroid dienone is 1. The SMILES string of the molecule is C/C=C/CC1COc2cc(C(=O)OC)cc(N)c2N1.CC. The van der Waals surface area contributed by atoms with Gasteiger partial charge in [0.05, 0.1) is 24.4 Å². The highest BCUT2D eigenvalue weighted by Gasteiger charge is 2.22. The number of benzene rings is 1. The summed E-state index contributed by atoms with van der Waals surface area (Å²) in [6, 6.07) is 3.44. The van der Waals surface area contributed by atoms with E-state index in [0.717, 1.165) is 12.1 Å². The zero-order chi connectivity index (χ0) is 15.8. The molecule has 116 valence electrons. The van der Waals surface area contributed by atoms with Crippen molar-refractivity contribution in [1.82, 2.24) is 0 Å². The molecule has 5 nitrogen and oxygen atoms in total. The molecule has 2 rings (SSSR count). The topological polar surface area (TPSA) is 73.6 Å². The van der Waals surface area contributed by atoms with E-state index in [9.17, 15) is 4.79 Å². The molecule has 0 saturated heterocycles. The lowest BCUT2D eigenvalue weighted by Gasteiger charge is -2.28. The van der Waals surface area contributed by atoms with Crippen molar-refractivity contribution in [3.05, 3.63) is 29.8 Å². The summed E-state index contributed by atoms with van der Waals surface area (Å²) in [4.78, 5) is 11.5. The number of anilines is 2. The smallest absolute Gasteiger partial charge is 0.338 e. The number of carbonyl (C=O) groups is 1. The van der Waals surface area contributed by atoms with Crippen molar-refractivity contribution in [3.63, 3.8) is 0 Å². The lowest BCUT2D eigenvalue weighted by molar-refractivity contribution is 0.0600. The highest BCUT2D eigenvalue weighted by molar-refractivity contribution is 5.93. The Morgan fingerprint density at radius 1 is 1.52 bits per heavy atom. The molecule has 0 fully saturated rings. The van der Waals surface area contributed by atoms with Crippen molar-refractivity contribution in [1.29, 1.82) is 0 Å². The molecule has 1 unspecified atom stereocenters. The van der Waals surface area contributed by atoms with Gasteiger partial charge in [0.1, 0.15) is 18.0 Å². The van der Waals surface area contributed by atoms with E-state index in [4.69, 9.17) is 10.5 Å². The van der Waals surface area contributed by atoms with Gasteiger partial charge in [0.25, 0.3) is 0 Å². The number of rotatable bonds is 3. The van der Waals surface area contributed by atoms with Crippen molar-refractivity contribution in [2.45, 2.75) is 33.2 Å². The summed E-state index contributed by atoms with van der Waals surface area (Å²) in [6.07, 6.45) is 4.94. The standard InChI is InChI=1S/C14H18N2O3.C2H6/c1-3-4-5-10-8-19-12-7-9(14(17)18-2)6-11(15)13(12)16-10;1-2/h3-4,6-7,10,16H,5,8,15H2,1-2H3;1-2H3/b4-3+;. The molecule has 3 N–H and O–H groups in total. The summed E-state index contributed by atoms with van der Waals surface area (Å²) >= 11 is 0. The fourth-order valence-corrected chi connectivity index (χ4v) is 2.00. The largest absolute Gasteiger partial charge is 0.489 e. The van der Waals surface area contributed by atoms with Crippen LogP contribution in [0.15, 0.2) is 24.3 Å². The zero-order valence-electron chi connectivity index (χ0n) is 13.1. The summed E-state index contributed by atoms with van der Waals surface area (Å²) in [5.74, 6) is 0.172. The van der Waals surface area contributed by atoms with Crippen LogP contribution >= 0.6 is 0 Å². The van der Waals surface area contributed by atoms with E-state index >= 15 is 0 Å². The minimum absolute atomic E-state index is 0.190. The zero-order valence-corrected chi connectivity index (χ0v) is 13.1. The predicted octanol–water partition coefficient (Wildman–Crippen LogP) is 3.22. The van der Waals surface area contributed by atoms with Gasteiger partial charge in [-0.3, -0.25) is 0 Å². The number of fused-ring (bicyclic) bond motifs is 1. The van der Waals surface area contributed by atoms with Crippen molar-refractivity contribution < 1.29 is 14.3 Å². The van der Waals surface area contributed by atoms with E-state index < -0.39 is 5.97 Å². The van der Waals surface area contributed by atoms with Crippen molar-refractivity contribution in [2.24, 2.45) is 0 Å². The van der Waals surface area contributed by atoms with Crippen LogP contribution in [-0.4, -0.2) is 25.7 Å². The fourth-order valence-electron chi connectivity index (χ4n) is 2.00. The highest BCUT2D eigenvalue weighted by atomic mass is 16.5. The highest BCUT2D eigenvalue weighted by Crippen LogP contribution is 2.36. The molecule has 0 amide bonds.